The van der Waals surface area contributed by atoms with E-state index in [2.05, 4.69) is 6.58 Å². The second kappa shape index (κ2) is 7.70. The number of benzene rings is 1. The summed E-state index contributed by atoms with van der Waals surface area (Å²) in [6.45, 7) is 8.26. The molecule has 0 unspecified atom stereocenters. The number of carbonyl (C=O) groups excluding carboxylic acids is 1. The largest absolute Gasteiger partial charge is 0.462 e. The Morgan fingerprint density at radius 3 is 2.70 bits per heavy atom. The quantitative estimate of drug-likeness (QED) is 0.356. The Labute approximate surface area is 140 Å². The van der Waals surface area contributed by atoms with E-state index in [9.17, 15) is 10.1 Å². The molecule has 23 heavy (non-hydrogen) atoms. The van der Waals surface area contributed by atoms with Crippen molar-refractivity contribution in [2.24, 2.45) is 0 Å². The first-order valence-electron chi connectivity index (χ1n) is 7.26. The van der Waals surface area contributed by atoms with Crippen LogP contribution in [-0.4, -0.2) is 24.0 Å². The summed E-state index contributed by atoms with van der Waals surface area (Å²) in [5.41, 5.74) is 3.18. The van der Waals surface area contributed by atoms with Gasteiger partial charge >= 0.3 is 5.97 Å². The molecule has 0 saturated heterocycles. The molecule has 1 aromatic carbocycles. The third kappa shape index (κ3) is 3.66. The zero-order valence-corrected chi connectivity index (χ0v) is 14.0. The molecule has 0 saturated carbocycles. The van der Waals surface area contributed by atoms with Crippen LogP contribution in [0.25, 0.3) is 5.70 Å². The highest BCUT2D eigenvalue weighted by Crippen LogP contribution is 2.41. The fourth-order valence-electron chi connectivity index (χ4n) is 2.18. The molecule has 118 valence electrons. The van der Waals surface area contributed by atoms with Gasteiger partial charge in [-0.15, -0.1) is 6.58 Å². The normalized spacial score (nSPS) is 15.7. The Morgan fingerprint density at radius 1 is 1.43 bits per heavy atom. The van der Waals surface area contributed by atoms with Crippen molar-refractivity contribution in [3.63, 3.8) is 0 Å². The predicted octanol–water partition coefficient (Wildman–Crippen LogP) is 3.83. The van der Waals surface area contributed by atoms with Gasteiger partial charge in [0.15, 0.2) is 5.57 Å². The number of rotatable bonds is 5. The summed E-state index contributed by atoms with van der Waals surface area (Å²) < 4.78 is 4.98. The number of hydrogen-bond acceptors (Lipinski definition) is 5. The molecule has 0 spiro atoms. The summed E-state index contributed by atoms with van der Waals surface area (Å²) in [5, 5.41) is 11.9. The highest BCUT2D eigenvalue weighted by atomic mass is 32.2. The lowest BCUT2D eigenvalue weighted by molar-refractivity contribution is -0.138. The zero-order valence-electron chi connectivity index (χ0n) is 13.2. The van der Waals surface area contributed by atoms with E-state index < -0.39 is 5.97 Å². The number of esters is 1. The minimum Gasteiger partial charge on any atom is -0.462 e. The number of carbonyl (C=O) groups is 1. The third-order valence-corrected chi connectivity index (χ3v) is 4.27. The Kier molecular flexibility index (Phi) is 5.67. The maximum Gasteiger partial charge on any atom is 0.351 e. The van der Waals surface area contributed by atoms with Crippen LogP contribution >= 0.6 is 11.8 Å². The Morgan fingerprint density at radius 2 is 2.13 bits per heavy atom. The molecule has 5 heteroatoms. The van der Waals surface area contributed by atoms with Gasteiger partial charge in [-0.05, 0) is 19.4 Å². The third-order valence-electron chi connectivity index (χ3n) is 3.28. The second-order valence-corrected chi connectivity index (χ2v) is 5.76. The van der Waals surface area contributed by atoms with Gasteiger partial charge in [-0.3, -0.25) is 0 Å². The van der Waals surface area contributed by atoms with E-state index in [0.29, 0.717) is 11.6 Å². The van der Waals surface area contributed by atoms with Gasteiger partial charge in [0, 0.05) is 12.0 Å². The van der Waals surface area contributed by atoms with Crippen LogP contribution in [-0.2, 0) is 9.53 Å². The van der Waals surface area contributed by atoms with Gasteiger partial charge in [0.2, 0.25) is 0 Å². The molecular weight excluding hydrogens is 308 g/mol. The van der Waals surface area contributed by atoms with Crippen molar-refractivity contribution in [2.75, 3.05) is 13.2 Å². The van der Waals surface area contributed by atoms with Crippen molar-refractivity contribution in [2.45, 2.75) is 13.8 Å². The van der Waals surface area contributed by atoms with Gasteiger partial charge in [0.25, 0.3) is 0 Å². The molecule has 0 radical (unpaired) electrons. The molecule has 1 heterocycles. The average Bonchev–Trinajstić information content (AvgIpc) is 2.93. The lowest BCUT2D eigenvalue weighted by Gasteiger charge is -2.22. The summed E-state index contributed by atoms with van der Waals surface area (Å²) in [6.07, 6.45) is 1.74. The lowest BCUT2D eigenvalue weighted by Crippen LogP contribution is -2.20. The maximum absolute atomic E-state index is 12.0. The number of aryl methyl sites for hydroxylation is 1. The maximum atomic E-state index is 12.0. The molecule has 1 aliphatic rings. The van der Waals surface area contributed by atoms with Crippen LogP contribution in [0.4, 0.5) is 0 Å². The van der Waals surface area contributed by atoms with Crippen LogP contribution in [0.1, 0.15) is 18.1 Å². The Hall–Kier alpha value is -2.45. The molecule has 1 aliphatic heterocycles. The topological polar surface area (TPSA) is 53.3 Å². The second-order valence-electron chi connectivity index (χ2n) is 4.90. The van der Waals surface area contributed by atoms with E-state index >= 15 is 0 Å². The van der Waals surface area contributed by atoms with Crippen LogP contribution in [0.15, 0.2) is 52.9 Å². The average molecular weight is 326 g/mol. The molecule has 0 N–H and O–H groups in total. The Balaban J connectivity index is 2.42. The lowest BCUT2D eigenvalue weighted by atomic mass is 10.1. The standard InChI is InChI=1S/C18H18N2O2S/c1-4-10-20-16(14-8-6-13(3)7-9-14)12-23-17(20)15(11-19)18(21)22-5-2/h4,6-9,12H,1,5,10H2,2-3H3/b17-15-. The smallest absolute Gasteiger partial charge is 0.351 e. The van der Waals surface area contributed by atoms with Gasteiger partial charge in [0.1, 0.15) is 11.1 Å². The number of nitriles is 1. The van der Waals surface area contributed by atoms with E-state index in [1.807, 2.05) is 47.6 Å². The SMILES string of the molecule is C=CCN1C(c2ccc(C)cc2)=CS/C1=C(/C#N)C(=O)OCC. The van der Waals surface area contributed by atoms with Crippen molar-refractivity contribution in [1.82, 2.24) is 4.90 Å². The molecule has 0 aromatic heterocycles. The molecule has 2 rings (SSSR count). The number of thioether (sulfide) groups is 1. The van der Waals surface area contributed by atoms with Crippen LogP contribution in [0.2, 0.25) is 0 Å². The minimum atomic E-state index is -0.592. The van der Waals surface area contributed by atoms with Crippen molar-refractivity contribution >= 4 is 23.4 Å². The first-order chi connectivity index (χ1) is 11.1. The van der Waals surface area contributed by atoms with E-state index in [1.54, 1.807) is 13.0 Å². The monoisotopic (exact) mass is 326 g/mol. The molecule has 4 nitrogen and oxygen atoms in total. The van der Waals surface area contributed by atoms with Crippen LogP contribution in [0.5, 0.6) is 0 Å². The number of hydrogen-bond donors (Lipinski definition) is 0. The summed E-state index contributed by atoms with van der Waals surface area (Å²) in [6, 6.07) is 10.1. The predicted molar refractivity (Wildman–Crippen MR) is 92.9 cm³/mol. The van der Waals surface area contributed by atoms with Crippen LogP contribution in [0, 0.1) is 18.3 Å². The number of nitrogens with zero attached hydrogens (tertiary/aromatic N) is 2. The van der Waals surface area contributed by atoms with E-state index in [1.165, 1.54) is 17.3 Å². The highest BCUT2D eigenvalue weighted by Gasteiger charge is 2.28. The van der Waals surface area contributed by atoms with Crippen molar-refractivity contribution in [3.05, 3.63) is 64.1 Å². The van der Waals surface area contributed by atoms with Gasteiger partial charge < -0.3 is 9.64 Å². The molecule has 0 atom stereocenters. The summed E-state index contributed by atoms with van der Waals surface area (Å²) in [4.78, 5) is 13.9. The summed E-state index contributed by atoms with van der Waals surface area (Å²) in [5.74, 6) is -0.592. The molecule has 0 aliphatic carbocycles. The Bertz CT molecular complexity index is 712. The molecule has 0 amide bonds. The van der Waals surface area contributed by atoms with Gasteiger partial charge in [-0.1, -0.05) is 47.7 Å². The molecular formula is C18H18N2O2S. The first kappa shape index (κ1) is 16.9. The molecule has 1 aromatic rings. The van der Waals surface area contributed by atoms with Gasteiger partial charge in [0.05, 0.1) is 12.3 Å². The van der Waals surface area contributed by atoms with Crippen LogP contribution in [0.3, 0.4) is 0 Å². The van der Waals surface area contributed by atoms with E-state index in [-0.39, 0.29) is 12.2 Å². The molecule has 0 fully saturated rings. The highest BCUT2D eigenvalue weighted by molar-refractivity contribution is 8.06. The zero-order chi connectivity index (χ0) is 16.8. The fraction of sp³-hybridized carbons (Fsp3) is 0.222. The van der Waals surface area contributed by atoms with E-state index in [4.69, 9.17) is 4.74 Å². The van der Waals surface area contributed by atoms with E-state index in [0.717, 1.165) is 11.3 Å². The molecule has 0 bridgehead atoms. The number of ether oxygens (including phenoxy) is 1. The van der Waals surface area contributed by atoms with Gasteiger partial charge in [-0.2, -0.15) is 5.26 Å². The minimum absolute atomic E-state index is 0.0251. The van der Waals surface area contributed by atoms with Crippen molar-refractivity contribution < 1.29 is 9.53 Å². The van der Waals surface area contributed by atoms with Gasteiger partial charge in [-0.25, -0.2) is 4.79 Å². The van der Waals surface area contributed by atoms with Crippen molar-refractivity contribution in [3.8, 4) is 6.07 Å². The fourth-order valence-corrected chi connectivity index (χ4v) is 3.22. The van der Waals surface area contributed by atoms with Crippen LogP contribution < -0.4 is 0 Å². The van der Waals surface area contributed by atoms with Crippen molar-refractivity contribution in [1.29, 1.82) is 5.26 Å². The summed E-state index contributed by atoms with van der Waals surface area (Å²) in [7, 11) is 0. The summed E-state index contributed by atoms with van der Waals surface area (Å²) >= 11 is 1.36. The first-order valence-corrected chi connectivity index (χ1v) is 8.14.